The molecular weight excluding hydrogens is 548 g/mol. The Morgan fingerprint density at radius 3 is 2.49 bits per heavy atom. The number of hydrogen-bond donors (Lipinski definition) is 0. The highest BCUT2D eigenvalue weighted by molar-refractivity contribution is 9.10. The second-order valence-corrected chi connectivity index (χ2v) is 10.8. The molecule has 7 nitrogen and oxygen atoms in total. The average Bonchev–Trinajstić information content (AvgIpc) is 3.60. The first-order valence-electron chi connectivity index (χ1n) is 12.5. The monoisotopic (exact) mass is 573 g/mol. The van der Waals surface area contributed by atoms with Gasteiger partial charge in [-0.2, -0.15) is 0 Å². The van der Waals surface area contributed by atoms with Crippen molar-refractivity contribution in [1.29, 1.82) is 0 Å². The van der Waals surface area contributed by atoms with Gasteiger partial charge in [-0.05, 0) is 72.7 Å². The molecule has 2 aromatic heterocycles. The van der Waals surface area contributed by atoms with Gasteiger partial charge in [-0.3, -0.25) is 0 Å². The van der Waals surface area contributed by atoms with Crippen LogP contribution >= 0.6 is 15.9 Å². The third-order valence-electron chi connectivity index (χ3n) is 7.61. The standard InChI is InChI=1S/C27H26BrF2N3O4/c1-35-27(34)15-9-20(28)26(31-12-15)33-16-7-8-17(33)11-18(10-16)36-13-19-24(32-37-25(19)14-5-6-14)23-21(29)3-2-4-22(23)30/h2-4,9,12,14,16-18H,5-8,10-11,13H2,1H3/t16-,17?,18?/m0/s1. The third-order valence-corrected chi connectivity index (χ3v) is 8.19. The summed E-state index contributed by atoms with van der Waals surface area (Å²) in [6, 6.07) is 6.02. The smallest absolute Gasteiger partial charge is 0.339 e. The first-order chi connectivity index (χ1) is 17.9. The van der Waals surface area contributed by atoms with Crippen LogP contribution in [-0.4, -0.2) is 41.4 Å². The molecule has 3 aliphatic rings. The molecule has 3 aromatic rings. The minimum absolute atomic E-state index is 0.0119. The average molecular weight is 574 g/mol. The Hall–Kier alpha value is -2.85. The molecule has 0 radical (unpaired) electrons. The fourth-order valence-corrected chi connectivity index (χ4v) is 6.26. The van der Waals surface area contributed by atoms with Gasteiger partial charge in [-0.15, -0.1) is 0 Å². The lowest BCUT2D eigenvalue weighted by atomic mass is 9.99. The lowest BCUT2D eigenvalue weighted by molar-refractivity contribution is 0.0145. The van der Waals surface area contributed by atoms with Crippen LogP contribution < -0.4 is 4.90 Å². The molecule has 1 aliphatic carbocycles. The van der Waals surface area contributed by atoms with Crippen molar-refractivity contribution in [2.24, 2.45) is 0 Å². The van der Waals surface area contributed by atoms with Gasteiger partial charge >= 0.3 is 5.97 Å². The number of hydrogen-bond acceptors (Lipinski definition) is 7. The Labute approximate surface area is 221 Å². The predicted molar refractivity (Wildman–Crippen MR) is 134 cm³/mol. The highest BCUT2D eigenvalue weighted by Crippen LogP contribution is 2.46. The number of carbonyl (C=O) groups is 1. The molecule has 1 saturated carbocycles. The summed E-state index contributed by atoms with van der Waals surface area (Å²) in [7, 11) is 1.35. The lowest BCUT2D eigenvalue weighted by Crippen LogP contribution is -2.46. The minimum atomic E-state index is -0.667. The first-order valence-corrected chi connectivity index (χ1v) is 13.3. The van der Waals surface area contributed by atoms with E-state index in [9.17, 15) is 13.6 Å². The van der Waals surface area contributed by atoms with E-state index in [1.165, 1.54) is 25.3 Å². The summed E-state index contributed by atoms with van der Waals surface area (Å²) >= 11 is 3.58. The number of methoxy groups -OCH3 is 1. The first kappa shape index (κ1) is 24.5. The van der Waals surface area contributed by atoms with Crippen LogP contribution in [0.5, 0.6) is 0 Å². The van der Waals surface area contributed by atoms with Gasteiger partial charge < -0.3 is 18.9 Å². The van der Waals surface area contributed by atoms with Gasteiger partial charge in [0.15, 0.2) is 0 Å². The number of nitrogens with zero attached hydrogens (tertiary/aromatic N) is 3. The van der Waals surface area contributed by atoms with Gasteiger partial charge in [0.25, 0.3) is 0 Å². The molecule has 1 aromatic carbocycles. The van der Waals surface area contributed by atoms with Crippen molar-refractivity contribution in [1.82, 2.24) is 10.1 Å². The number of anilines is 1. The van der Waals surface area contributed by atoms with E-state index in [2.05, 4.69) is 31.0 Å². The van der Waals surface area contributed by atoms with E-state index in [0.29, 0.717) is 16.9 Å². The van der Waals surface area contributed by atoms with Gasteiger partial charge in [-0.25, -0.2) is 18.6 Å². The number of piperidine rings is 1. The van der Waals surface area contributed by atoms with Crippen LogP contribution in [0, 0.1) is 11.6 Å². The number of fused-ring (bicyclic) bond motifs is 2. The van der Waals surface area contributed by atoms with E-state index < -0.39 is 17.6 Å². The molecule has 2 aliphatic heterocycles. The second kappa shape index (κ2) is 9.79. The summed E-state index contributed by atoms with van der Waals surface area (Å²) in [5.74, 6) is -0.0465. The molecule has 0 amide bonds. The number of esters is 1. The van der Waals surface area contributed by atoms with E-state index in [1.807, 2.05) is 0 Å². The highest BCUT2D eigenvalue weighted by atomic mass is 79.9. The zero-order valence-corrected chi connectivity index (χ0v) is 21.8. The van der Waals surface area contributed by atoms with Gasteiger partial charge in [0.05, 0.1) is 35.4 Å². The summed E-state index contributed by atoms with van der Waals surface area (Å²) in [6.07, 6.45) is 7.12. The quantitative estimate of drug-likeness (QED) is 0.313. The number of aromatic nitrogens is 2. The van der Waals surface area contributed by atoms with Gasteiger partial charge in [0.2, 0.25) is 0 Å². The van der Waals surface area contributed by atoms with Crippen molar-refractivity contribution in [3.63, 3.8) is 0 Å². The van der Waals surface area contributed by atoms with Gasteiger partial charge in [0.1, 0.15) is 28.9 Å². The van der Waals surface area contributed by atoms with Crippen LogP contribution in [0.15, 0.2) is 39.5 Å². The van der Waals surface area contributed by atoms with Crippen LogP contribution in [0.2, 0.25) is 0 Å². The number of ether oxygens (including phenoxy) is 2. The Balaban J connectivity index is 1.19. The van der Waals surface area contributed by atoms with Crippen LogP contribution in [0.25, 0.3) is 11.3 Å². The van der Waals surface area contributed by atoms with Crippen molar-refractivity contribution in [2.45, 2.75) is 69.2 Å². The molecule has 2 unspecified atom stereocenters. The SMILES string of the molecule is COC(=O)c1cnc(N2C3CC[C@H]2CC(OCc2c(-c4c(F)cccc4F)noc2C2CC2)C3)c(Br)c1. The number of rotatable bonds is 7. The number of benzene rings is 1. The fourth-order valence-electron chi connectivity index (χ4n) is 5.71. The largest absolute Gasteiger partial charge is 0.465 e. The van der Waals surface area contributed by atoms with E-state index in [0.717, 1.165) is 48.8 Å². The summed E-state index contributed by atoms with van der Waals surface area (Å²) in [5, 5.41) is 4.07. The fraction of sp³-hybridized carbons (Fsp3) is 0.444. The topological polar surface area (TPSA) is 77.7 Å². The maximum Gasteiger partial charge on any atom is 0.339 e. The van der Waals surface area contributed by atoms with Crippen LogP contribution in [-0.2, 0) is 16.1 Å². The van der Waals surface area contributed by atoms with Crippen LogP contribution in [0.4, 0.5) is 14.6 Å². The zero-order valence-electron chi connectivity index (χ0n) is 20.3. The Morgan fingerprint density at radius 2 is 1.86 bits per heavy atom. The van der Waals surface area contributed by atoms with E-state index in [4.69, 9.17) is 14.0 Å². The molecule has 3 fully saturated rings. The molecule has 194 valence electrons. The third kappa shape index (κ3) is 4.54. The summed E-state index contributed by atoms with van der Waals surface area (Å²) < 4.78 is 46.7. The van der Waals surface area contributed by atoms with Crippen molar-refractivity contribution in [3.05, 3.63) is 63.5 Å². The Morgan fingerprint density at radius 1 is 1.16 bits per heavy atom. The van der Waals surface area contributed by atoms with Crippen molar-refractivity contribution >= 4 is 27.7 Å². The van der Waals surface area contributed by atoms with E-state index in [1.54, 1.807) is 12.3 Å². The molecule has 4 heterocycles. The molecule has 37 heavy (non-hydrogen) atoms. The number of carbonyl (C=O) groups excluding carboxylic acids is 1. The molecule has 10 heteroatoms. The molecule has 2 bridgehead atoms. The Kier molecular flexibility index (Phi) is 6.48. The number of pyridine rings is 1. The normalized spacial score (nSPS) is 22.9. The van der Waals surface area contributed by atoms with Crippen molar-refractivity contribution in [2.75, 3.05) is 12.0 Å². The highest BCUT2D eigenvalue weighted by Gasteiger charge is 2.43. The zero-order chi connectivity index (χ0) is 25.7. The van der Waals surface area contributed by atoms with Crippen LogP contribution in [0.3, 0.4) is 0 Å². The molecular formula is C27H26BrF2N3O4. The maximum atomic E-state index is 14.6. The molecule has 0 spiro atoms. The molecule has 2 saturated heterocycles. The van der Waals surface area contributed by atoms with E-state index >= 15 is 0 Å². The van der Waals surface area contributed by atoms with Gasteiger partial charge in [0, 0.05) is 29.8 Å². The van der Waals surface area contributed by atoms with Crippen LogP contribution in [0.1, 0.15) is 66.1 Å². The summed E-state index contributed by atoms with van der Waals surface area (Å²) in [6.45, 7) is 0.193. The maximum absolute atomic E-state index is 14.6. The van der Waals surface area contributed by atoms with Gasteiger partial charge in [-0.1, -0.05) is 11.2 Å². The van der Waals surface area contributed by atoms with E-state index in [-0.39, 0.29) is 42.0 Å². The second-order valence-electron chi connectivity index (χ2n) is 9.96. The number of halogens is 3. The predicted octanol–water partition coefficient (Wildman–Crippen LogP) is 6.16. The lowest BCUT2D eigenvalue weighted by Gasteiger charge is -2.40. The van der Waals surface area contributed by atoms with Crippen molar-refractivity contribution < 1.29 is 27.6 Å². The summed E-state index contributed by atoms with van der Waals surface area (Å²) in [4.78, 5) is 18.8. The minimum Gasteiger partial charge on any atom is -0.465 e. The molecule has 0 N–H and O–H groups in total. The summed E-state index contributed by atoms with van der Waals surface area (Å²) in [5.41, 5.74) is 1.06. The Bertz CT molecular complexity index is 1310. The van der Waals surface area contributed by atoms with Crippen molar-refractivity contribution in [3.8, 4) is 11.3 Å². The molecule has 3 atom stereocenters. The molecule has 6 rings (SSSR count).